The first-order valence-corrected chi connectivity index (χ1v) is 7.86. The van der Waals surface area contributed by atoms with Crippen molar-refractivity contribution in [1.29, 1.82) is 0 Å². The van der Waals surface area contributed by atoms with E-state index < -0.39 is 0 Å². The molecule has 4 nitrogen and oxygen atoms in total. The van der Waals surface area contributed by atoms with Crippen LogP contribution in [0.25, 0.3) is 11.3 Å². The molecule has 0 atom stereocenters. The number of hydrogen-bond donors (Lipinski definition) is 2. The number of hydrogen-bond acceptors (Lipinski definition) is 3. The molecule has 0 aliphatic heterocycles. The Kier molecular flexibility index (Phi) is 4.21. The van der Waals surface area contributed by atoms with Gasteiger partial charge in [0.15, 0.2) is 5.76 Å². The van der Waals surface area contributed by atoms with Gasteiger partial charge in [0, 0.05) is 21.4 Å². The van der Waals surface area contributed by atoms with Crippen LogP contribution >= 0.6 is 15.9 Å². The molecule has 3 rings (SSSR count). The predicted molar refractivity (Wildman–Crippen MR) is 95.4 cm³/mol. The second kappa shape index (κ2) is 6.30. The third kappa shape index (κ3) is 3.29. The molecular formula is C18H15BrN2O2. The summed E-state index contributed by atoms with van der Waals surface area (Å²) in [4.78, 5) is 12.3. The zero-order valence-corrected chi connectivity index (χ0v) is 14.1. The summed E-state index contributed by atoms with van der Waals surface area (Å²) in [5.74, 6) is 0.596. The summed E-state index contributed by atoms with van der Waals surface area (Å²) in [5.41, 5.74) is 8.91. The van der Waals surface area contributed by atoms with Crippen LogP contribution in [0.15, 0.2) is 63.5 Å². The summed E-state index contributed by atoms with van der Waals surface area (Å²) in [6.07, 6.45) is 0. The van der Waals surface area contributed by atoms with Crippen LogP contribution in [0.3, 0.4) is 0 Å². The number of furan rings is 1. The zero-order valence-electron chi connectivity index (χ0n) is 12.5. The maximum atomic E-state index is 12.3. The molecule has 0 aliphatic carbocycles. The van der Waals surface area contributed by atoms with Crippen LogP contribution in [0.2, 0.25) is 0 Å². The lowest BCUT2D eigenvalue weighted by atomic mass is 10.1. The van der Waals surface area contributed by atoms with Gasteiger partial charge in [-0.05, 0) is 48.9 Å². The standard InChI is InChI=1S/C18H15BrN2O2/c1-11-14(20)3-2-4-15(11)21-18(22)17-10-9-16(23-17)12-5-7-13(19)8-6-12/h2-10H,20H2,1H3,(H,21,22). The van der Waals surface area contributed by atoms with Crippen molar-refractivity contribution in [3.05, 3.63) is 70.4 Å². The Balaban J connectivity index is 1.81. The average Bonchev–Trinajstić information content (AvgIpc) is 3.02. The second-order valence-electron chi connectivity index (χ2n) is 5.14. The molecule has 0 fully saturated rings. The molecular weight excluding hydrogens is 356 g/mol. The Morgan fingerprint density at radius 3 is 2.57 bits per heavy atom. The number of carbonyl (C=O) groups excluding carboxylic acids is 1. The Hall–Kier alpha value is -2.53. The van der Waals surface area contributed by atoms with Gasteiger partial charge in [-0.25, -0.2) is 0 Å². The molecule has 0 unspecified atom stereocenters. The monoisotopic (exact) mass is 370 g/mol. The van der Waals surface area contributed by atoms with Crippen molar-refractivity contribution < 1.29 is 9.21 Å². The summed E-state index contributed by atoms with van der Waals surface area (Å²) in [5, 5.41) is 2.82. The summed E-state index contributed by atoms with van der Waals surface area (Å²) in [6.45, 7) is 1.86. The molecule has 23 heavy (non-hydrogen) atoms. The van der Waals surface area contributed by atoms with E-state index in [1.807, 2.05) is 37.3 Å². The van der Waals surface area contributed by atoms with Crippen molar-refractivity contribution in [1.82, 2.24) is 0 Å². The van der Waals surface area contributed by atoms with Crippen molar-refractivity contribution in [2.45, 2.75) is 6.92 Å². The molecule has 1 aromatic heterocycles. The highest BCUT2D eigenvalue weighted by molar-refractivity contribution is 9.10. The SMILES string of the molecule is Cc1c(N)cccc1NC(=O)c1ccc(-c2ccc(Br)cc2)o1. The van der Waals surface area contributed by atoms with E-state index in [1.54, 1.807) is 24.3 Å². The van der Waals surface area contributed by atoms with Gasteiger partial charge in [-0.3, -0.25) is 4.79 Å². The molecule has 5 heteroatoms. The molecule has 3 N–H and O–H groups in total. The molecule has 0 aliphatic rings. The molecule has 1 heterocycles. The Bertz CT molecular complexity index is 854. The van der Waals surface area contributed by atoms with Crippen LogP contribution in [0.1, 0.15) is 16.1 Å². The van der Waals surface area contributed by atoms with Gasteiger partial charge in [-0.15, -0.1) is 0 Å². The number of benzene rings is 2. The third-order valence-electron chi connectivity index (χ3n) is 3.58. The van der Waals surface area contributed by atoms with E-state index in [4.69, 9.17) is 10.2 Å². The molecule has 0 radical (unpaired) electrons. The largest absolute Gasteiger partial charge is 0.451 e. The van der Waals surface area contributed by atoms with Gasteiger partial charge >= 0.3 is 0 Å². The number of rotatable bonds is 3. The Morgan fingerprint density at radius 1 is 1.09 bits per heavy atom. The highest BCUT2D eigenvalue weighted by Crippen LogP contribution is 2.25. The molecule has 0 spiro atoms. The fourth-order valence-corrected chi connectivity index (χ4v) is 2.47. The smallest absolute Gasteiger partial charge is 0.291 e. The molecule has 1 amide bonds. The average molecular weight is 371 g/mol. The van der Waals surface area contributed by atoms with E-state index in [9.17, 15) is 4.79 Å². The van der Waals surface area contributed by atoms with Crippen LogP contribution in [0.4, 0.5) is 11.4 Å². The van der Waals surface area contributed by atoms with Gasteiger partial charge < -0.3 is 15.5 Å². The first-order chi connectivity index (χ1) is 11.0. The molecule has 116 valence electrons. The maximum absolute atomic E-state index is 12.3. The van der Waals surface area contributed by atoms with Gasteiger partial charge in [0.25, 0.3) is 5.91 Å². The summed E-state index contributed by atoms with van der Waals surface area (Å²) < 4.78 is 6.64. The summed E-state index contributed by atoms with van der Waals surface area (Å²) >= 11 is 3.39. The molecule has 3 aromatic rings. The van der Waals surface area contributed by atoms with E-state index in [-0.39, 0.29) is 11.7 Å². The normalized spacial score (nSPS) is 10.5. The van der Waals surface area contributed by atoms with E-state index in [0.29, 0.717) is 17.1 Å². The first-order valence-electron chi connectivity index (χ1n) is 7.07. The van der Waals surface area contributed by atoms with Crippen molar-refractivity contribution >= 4 is 33.2 Å². The minimum atomic E-state index is -0.304. The minimum Gasteiger partial charge on any atom is -0.451 e. The van der Waals surface area contributed by atoms with Crippen LogP contribution in [0.5, 0.6) is 0 Å². The summed E-state index contributed by atoms with van der Waals surface area (Å²) in [7, 11) is 0. The quantitative estimate of drug-likeness (QED) is 0.647. The van der Waals surface area contributed by atoms with E-state index in [2.05, 4.69) is 21.2 Å². The van der Waals surface area contributed by atoms with Gasteiger partial charge in [-0.2, -0.15) is 0 Å². The van der Waals surface area contributed by atoms with Gasteiger partial charge in [0.05, 0.1) is 0 Å². The fraction of sp³-hybridized carbons (Fsp3) is 0.0556. The van der Waals surface area contributed by atoms with E-state index in [1.165, 1.54) is 0 Å². The lowest BCUT2D eigenvalue weighted by Crippen LogP contribution is -2.12. The first kappa shape index (κ1) is 15.4. The van der Waals surface area contributed by atoms with E-state index in [0.717, 1.165) is 15.6 Å². The highest BCUT2D eigenvalue weighted by atomic mass is 79.9. The molecule has 0 saturated carbocycles. The molecule has 2 aromatic carbocycles. The van der Waals surface area contributed by atoms with E-state index >= 15 is 0 Å². The maximum Gasteiger partial charge on any atom is 0.291 e. The zero-order chi connectivity index (χ0) is 16.4. The topological polar surface area (TPSA) is 68.3 Å². The minimum absolute atomic E-state index is 0.254. The van der Waals surface area contributed by atoms with Gasteiger partial charge in [0.2, 0.25) is 0 Å². The predicted octanol–water partition coefficient (Wildman–Crippen LogP) is 4.85. The molecule has 0 saturated heterocycles. The van der Waals surface area contributed by atoms with Crippen LogP contribution < -0.4 is 11.1 Å². The van der Waals surface area contributed by atoms with Gasteiger partial charge in [-0.1, -0.05) is 34.1 Å². The fourth-order valence-electron chi connectivity index (χ4n) is 2.20. The number of amides is 1. The Labute approximate surface area is 142 Å². The van der Waals surface area contributed by atoms with Crippen molar-refractivity contribution in [2.75, 3.05) is 11.1 Å². The number of anilines is 2. The van der Waals surface area contributed by atoms with Gasteiger partial charge in [0.1, 0.15) is 5.76 Å². The second-order valence-corrected chi connectivity index (χ2v) is 6.06. The highest BCUT2D eigenvalue weighted by Gasteiger charge is 2.14. The van der Waals surface area contributed by atoms with Crippen molar-refractivity contribution in [2.24, 2.45) is 0 Å². The van der Waals surface area contributed by atoms with Crippen molar-refractivity contribution in [3.63, 3.8) is 0 Å². The lowest BCUT2D eigenvalue weighted by molar-refractivity contribution is 0.0997. The third-order valence-corrected chi connectivity index (χ3v) is 4.11. The lowest BCUT2D eigenvalue weighted by Gasteiger charge is -2.08. The number of nitrogens with two attached hydrogens (primary N) is 1. The summed E-state index contributed by atoms with van der Waals surface area (Å²) in [6, 6.07) is 16.5. The number of halogens is 1. The number of nitrogens with one attached hydrogen (secondary N) is 1. The number of carbonyl (C=O) groups is 1. The molecule has 0 bridgehead atoms. The van der Waals surface area contributed by atoms with Crippen molar-refractivity contribution in [3.8, 4) is 11.3 Å². The number of nitrogen functional groups attached to an aromatic ring is 1. The van der Waals surface area contributed by atoms with Crippen LogP contribution in [0, 0.1) is 6.92 Å². The van der Waals surface area contributed by atoms with Crippen LogP contribution in [-0.2, 0) is 0 Å². The Morgan fingerprint density at radius 2 is 1.83 bits per heavy atom. The van der Waals surface area contributed by atoms with Crippen LogP contribution in [-0.4, -0.2) is 5.91 Å².